The van der Waals surface area contributed by atoms with E-state index in [-0.39, 0.29) is 0 Å². The van der Waals surface area contributed by atoms with Crippen molar-refractivity contribution in [2.45, 2.75) is 0 Å². The second-order valence-electron chi connectivity index (χ2n) is 1.07. The van der Waals surface area contributed by atoms with Crippen LogP contribution in [0.1, 0.15) is 0 Å². The van der Waals surface area contributed by atoms with Gasteiger partial charge in [-0.05, 0) is 11.3 Å². The highest BCUT2D eigenvalue weighted by molar-refractivity contribution is 5.08. The Morgan fingerprint density at radius 3 is 2.50 bits per heavy atom. The van der Waals surface area contributed by atoms with Crippen LogP contribution in [0.3, 0.4) is 0 Å². The maximum Gasteiger partial charge on any atom is 0.0714 e. The van der Waals surface area contributed by atoms with Gasteiger partial charge < -0.3 is 0 Å². The van der Waals surface area contributed by atoms with Crippen LogP contribution < -0.4 is 0 Å². The molecule has 0 N–H and O–H groups in total. The number of nitrogens with zero attached hydrogens (tertiary/aromatic N) is 1. The molecule has 2 nitrogen and oxygen atoms in total. The molecule has 0 aliphatic carbocycles. The van der Waals surface area contributed by atoms with Gasteiger partial charge in [-0.25, -0.2) is 0 Å². The highest BCUT2D eigenvalue weighted by atomic mass is 16.2. The smallest absolute Gasteiger partial charge is 0.0714 e. The number of hydrogen-bond donors (Lipinski definition) is 0. The van der Waals surface area contributed by atoms with Gasteiger partial charge in [0.05, 0.1) is 6.20 Å². The second kappa shape index (κ2) is 5.82. The predicted octanol–water partition coefficient (Wildman–Crippen LogP) is 2.01. The van der Waals surface area contributed by atoms with Crippen molar-refractivity contribution in [3.8, 4) is 0 Å². The highest BCUT2D eigenvalue weighted by Crippen LogP contribution is 1.76. The molecule has 0 spiro atoms. The standard InChI is InChI=1S/C6H7NO/c1-2-3-4-5-6-7-8/h2-6H,1H2/b4-3+,6-5-. The van der Waals surface area contributed by atoms with Gasteiger partial charge in [-0.15, -0.1) is 4.91 Å². The molecule has 0 aromatic rings. The van der Waals surface area contributed by atoms with Gasteiger partial charge in [0.1, 0.15) is 0 Å². The Hall–Kier alpha value is -1.18. The van der Waals surface area contributed by atoms with Gasteiger partial charge >= 0.3 is 0 Å². The molecular formula is C6H7NO. The van der Waals surface area contributed by atoms with Crippen LogP contribution in [0.15, 0.2) is 42.3 Å². The van der Waals surface area contributed by atoms with Crippen molar-refractivity contribution < 1.29 is 0 Å². The van der Waals surface area contributed by atoms with Crippen LogP contribution in [0.4, 0.5) is 0 Å². The van der Waals surface area contributed by atoms with E-state index in [1.165, 1.54) is 12.3 Å². The van der Waals surface area contributed by atoms with E-state index in [4.69, 9.17) is 0 Å². The van der Waals surface area contributed by atoms with Crippen LogP contribution in [0.2, 0.25) is 0 Å². The maximum atomic E-state index is 9.37. The molecule has 0 aromatic heterocycles. The van der Waals surface area contributed by atoms with Gasteiger partial charge in [-0.1, -0.05) is 24.8 Å². The van der Waals surface area contributed by atoms with Crippen molar-refractivity contribution in [1.29, 1.82) is 0 Å². The Morgan fingerprint density at radius 2 is 2.00 bits per heavy atom. The summed E-state index contributed by atoms with van der Waals surface area (Å²) in [5, 5.41) is 2.49. The Bertz CT molecular complexity index is 108. The second-order valence-corrected chi connectivity index (χ2v) is 1.07. The molecule has 2 heteroatoms. The molecular weight excluding hydrogens is 102 g/mol. The molecule has 0 saturated heterocycles. The summed E-state index contributed by atoms with van der Waals surface area (Å²) in [7, 11) is 0. The lowest BCUT2D eigenvalue weighted by atomic mass is 10.5. The number of nitroso groups, excluding NO2 is 1. The van der Waals surface area contributed by atoms with E-state index in [0.29, 0.717) is 0 Å². The Morgan fingerprint density at radius 1 is 1.25 bits per heavy atom. The zero-order valence-electron chi connectivity index (χ0n) is 4.45. The lowest BCUT2D eigenvalue weighted by Gasteiger charge is -1.64. The Labute approximate surface area is 48.2 Å². The highest BCUT2D eigenvalue weighted by Gasteiger charge is 1.57. The van der Waals surface area contributed by atoms with Crippen LogP contribution in [0.25, 0.3) is 0 Å². The quantitative estimate of drug-likeness (QED) is 0.402. The third kappa shape index (κ3) is 4.82. The van der Waals surface area contributed by atoms with Crippen LogP contribution in [-0.2, 0) is 0 Å². The van der Waals surface area contributed by atoms with Crippen LogP contribution >= 0.6 is 0 Å². The lowest BCUT2D eigenvalue weighted by Crippen LogP contribution is -1.45. The van der Waals surface area contributed by atoms with E-state index in [0.717, 1.165) is 0 Å². The fourth-order valence-electron chi connectivity index (χ4n) is 0.228. The molecule has 0 heterocycles. The van der Waals surface area contributed by atoms with Crippen molar-refractivity contribution in [2.75, 3.05) is 0 Å². The third-order valence-corrected chi connectivity index (χ3v) is 0.505. The fourth-order valence-corrected chi connectivity index (χ4v) is 0.228. The third-order valence-electron chi connectivity index (χ3n) is 0.505. The van der Waals surface area contributed by atoms with Gasteiger partial charge in [0, 0.05) is 0 Å². The van der Waals surface area contributed by atoms with Crippen molar-refractivity contribution in [2.24, 2.45) is 5.18 Å². The van der Waals surface area contributed by atoms with Crippen molar-refractivity contribution in [3.63, 3.8) is 0 Å². The molecule has 0 aliphatic rings. The van der Waals surface area contributed by atoms with Crippen LogP contribution in [-0.4, -0.2) is 0 Å². The summed E-state index contributed by atoms with van der Waals surface area (Å²) in [6, 6.07) is 0. The minimum absolute atomic E-state index is 1.17. The first-order chi connectivity index (χ1) is 3.91. The molecule has 0 unspecified atom stereocenters. The summed E-state index contributed by atoms with van der Waals surface area (Å²) in [4.78, 5) is 9.37. The molecule has 0 fully saturated rings. The fraction of sp³-hybridized carbons (Fsp3) is 0. The molecule has 42 valence electrons. The first-order valence-electron chi connectivity index (χ1n) is 2.18. The molecule has 0 bridgehead atoms. The zero-order valence-corrected chi connectivity index (χ0v) is 4.45. The minimum atomic E-state index is 1.17. The molecule has 0 saturated carbocycles. The average Bonchev–Trinajstić information content (AvgIpc) is 1.81. The summed E-state index contributed by atoms with van der Waals surface area (Å²) in [6.45, 7) is 3.43. The van der Waals surface area contributed by atoms with Gasteiger partial charge in [-0.3, -0.25) is 0 Å². The maximum absolute atomic E-state index is 9.37. The zero-order chi connectivity index (χ0) is 6.24. The van der Waals surface area contributed by atoms with E-state index in [1.54, 1.807) is 18.2 Å². The predicted molar refractivity (Wildman–Crippen MR) is 34.3 cm³/mol. The topological polar surface area (TPSA) is 29.4 Å². The van der Waals surface area contributed by atoms with Crippen LogP contribution in [0, 0.1) is 4.91 Å². The van der Waals surface area contributed by atoms with Gasteiger partial charge in [0.15, 0.2) is 0 Å². The molecule has 0 radical (unpaired) electrons. The van der Waals surface area contributed by atoms with E-state index in [2.05, 4.69) is 11.8 Å². The largest absolute Gasteiger partial charge is 0.145 e. The van der Waals surface area contributed by atoms with Crippen molar-refractivity contribution in [1.82, 2.24) is 0 Å². The average molecular weight is 109 g/mol. The first kappa shape index (κ1) is 6.82. The summed E-state index contributed by atoms with van der Waals surface area (Å²) < 4.78 is 0. The normalized spacial score (nSPS) is 10.5. The van der Waals surface area contributed by atoms with Crippen molar-refractivity contribution >= 4 is 0 Å². The molecule has 0 atom stereocenters. The van der Waals surface area contributed by atoms with Gasteiger partial charge in [0.2, 0.25) is 0 Å². The van der Waals surface area contributed by atoms with Crippen LogP contribution in [0.5, 0.6) is 0 Å². The number of rotatable bonds is 3. The lowest BCUT2D eigenvalue weighted by molar-refractivity contribution is 1.54. The Kier molecular flexibility index (Phi) is 4.96. The molecule has 0 amide bonds. The molecule has 0 aliphatic heterocycles. The van der Waals surface area contributed by atoms with E-state index >= 15 is 0 Å². The number of allylic oxidation sites excluding steroid dienone is 4. The van der Waals surface area contributed by atoms with Crippen molar-refractivity contribution in [3.05, 3.63) is 42.0 Å². The Balaban J connectivity index is 3.41. The first-order valence-corrected chi connectivity index (χ1v) is 2.18. The van der Waals surface area contributed by atoms with E-state index < -0.39 is 0 Å². The summed E-state index contributed by atoms with van der Waals surface area (Å²) in [5.74, 6) is 0. The van der Waals surface area contributed by atoms with E-state index in [1.807, 2.05) is 0 Å². The van der Waals surface area contributed by atoms with Gasteiger partial charge in [0.25, 0.3) is 0 Å². The van der Waals surface area contributed by atoms with E-state index in [9.17, 15) is 4.91 Å². The molecule has 0 aromatic carbocycles. The summed E-state index contributed by atoms with van der Waals surface area (Å²) in [6.07, 6.45) is 7.71. The summed E-state index contributed by atoms with van der Waals surface area (Å²) >= 11 is 0. The minimum Gasteiger partial charge on any atom is -0.145 e. The summed E-state index contributed by atoms with van der Waals surface area (Å²) in [5.41, 5.74) is 0. The molecule has 8 heavy (non-hydrogen) atoms. The SMILES string of the molecule is C=C/C=C/C=C\N=O. The van der Waals surface area contributed by atoms with Gasteiger partial charge in [-0.2, -0.15) is 0 Å². The monoisotopic (exact) mass is 109 g/mol. The molecule has 0 rings (SSSR count). The number of hydrogen-bond acceptors (Lipinski definition) is 2.